The van der Waals surface area contributed by atoms with Crippen LogP contribution in [0.5, 0.6) is 0 Å². The van der Waals surface area contributed by atoms with Gasteiger partial charge in [-0.05, 0) is 18.6 Å². The molecule has 112 valence electrons. The lowest BCUT2D eigenvalue weighted by molar-refractivity contribution is 0.425. The summed E-state index contributed by atoms with van der Waals surface area (Å²) in [5.74, 6) is 0. The summed E-state index contributed by atoms with van der Waals surface area (Å²) in [6.45, 7) is 4.45. The van der Waals surface area contributed by atoms with Crippen molar-refractivity contribution in [3.8, 4) is 0 Å². The van der Waals surface area contributed by atoms with E-state index in [1.54, 1.807) is 10.9 Å². The number of nitrogens with one attached hydrogen (secondary N) is 1. The summed E-state index contributed by atoms with van der Waals surface area (Å²) < 4.78 is 15.8. The van der Waals surface area contributed by atoms with Crippen molar-refractivity contribution in [3.05, 3.63) is 35.9 Å². The van der Waals surface area contributed by atoms with Crippen LogP contribution in [0.1, 0.15) is 24.7 Å². The molecular formula is C13H21ClFN5. The number of hydrogen-bond donors (Lipinski definition) is 1. The van der Waals surface area contributed by atoms with Gasteiger partial charge in [-0.15, -0.1) is 12.4 Å². The molecule has 1 N–H and O–H groups in total. The number of halogens is 2. The molecule has 0 amide bonds. The van der Waals surface area contributed by atoms with Crippen molar-refractivity contribution < 1.29 is 4.39 Å². The van der Waals surface area contributed by atoms with Crippen LogP contribution in [0.15, 0.2) is 24.5 Å². The molecule has 0 unspecified atom stereocenters. The van der Waals surface area contributed by atoms with Crippen molar-refractivity contribution in [1.82, 2.24) is 24.9 Å². The van der Waals surface area contributed by atoms with Gasteiger partial charge in [-0.3, -0.25) is 9.36 Å². The molecule has 2 heterocycles. The van der Waals surface area contributed by atoms with E-state index >= 15 is 0 Å². The molecule has 0 fully saturated rings. The molecule has 0 aliphatic heterocycles. The smallest absolute Gasteiger partial charge is 0.109 e. The van der Waals surface area contributed by atoms with E-state index in [-0.39, 0.29) is 19.1 Å². The van der Waals surface area contributed by atoms with Crippen LogP contribution in [0.4, 0.5) is 4.39 Å². The number of rotatable bonds is 8. The van der Waals surface area contributed by atoms with Crippen LogP contribution in [0, 0.1) is 0 Å². The van der Waals surface area contributed by atoms with Crippen molar-refractivity contribution in [2.75, 3.05) is 6.67 Å². The molecule has 0 bridgehead atoms. The van der Waals surface area contributed by atoms with Crippen molar-refractivity contribution >= 4 is 12.4 Å². The molecule has 2 aromatic rings. The van der Waals surface area contributed by atoms with Gasteiger partial charge in [0.05, 0.1) is 17.9 Å². The quantitative estimate of drug-likeness (QED) is 0.813. The average molecular weight is 302 g/mol. The first-order valence-electron chi connectivity index (χ1n) is 6.63. The van der Waals surface area contributed by atoms with E-state index in [4.69, 9.17) is 0 Å². The average Bonchev–Trinajstić information content (AvgIpc) is 3.01. The highest BCUT2D eigenvalue weighted by molar-refractivity contribution is 5.85. The maximum Gasteiger partial charge on any atom is 0.109 e. The normalized spacial score (nSPS) is 10.5. The maximum atomic E-state index is 12.2. The van der Waals surface area contributed by atoms with Gasteiger partial charge in [-0.2, -0.15) is 10.2 Å². The fourth-order valence-electron chi connectivity index (χ4n) is 1.95. The third kappa shape index (κ3) is 4.61. The predicted octanol–water partition coefficient (Wildman–Crippen LogP) is 2.17. The standard InChI is InChI=1S/C13H20FN5.ClH/c1-2-7-19-13(3-6-16-19)11-15-10-12-4-8-18(17-12)9-5-14;/h3-4,6,8,15H,2,5,7,9-11H2,1H3;1H. The molecule has 0 aromatic carbocycles. The van der Waals surface area contributed by atoms with E-state index in [1.807, 2.05) is 23.0 Å². The molecule has 0 saturated carbocycles. The highest BCUT2D eigenvalue weighted by Gasteiger charge is 2.02. The Bertz CT molecular complexity index is 496. The Morgan fingerprint density at radius 2 is 2.10 bits per heavy atom. The molecule has 7 heteroatoms. The summed E-state index contributed by atoms with van der Waals surface area (Å²) in [5, 5.41) is 11.9. The molecule has 5 nitrogen and oxygen atoms in total. The highest BCUT2D eigenvalue weighted by atomic mass is 35.5. The molecule has 0 radical (unpaired) electrons. The molecule has 0 spiro atoms. The number of aromatic nitrogens is 4. The van der Waals surface area contributed by atoms with Gasteiger partial charge in [0, 0.05) is 32.0 Å². The van der Waals surface area contributed by atoms with Gasteiger partial charge in [-0.25, -0.2) is 4.39 Å². The van der Waals surface area contributed by atoms with Crippen molar-refractivity contribution in [1.29, 1.82) is 0 Å². The van der Waals surface area contributed by atoms with Crippen LogP contribution >= 0.6 is 12.4 Å². The van der Waals surface area contributed by atoms with E-state index in [0.29, 0.717) is 13.1 Å². The second-order valence-corrected chi connectivity index (χ2v) is 4.41. The number of hydrogen-bond acceptors (Lipinski definition) is 3. The third-order valence-corrected chi connectivity index (χ3v) is 2.86. The van der Waals surface area contributed by atoms with Gasteiger partial charge in [-0.1, -0.05) is 6.92 Å². The lowest BCUT2D eigenvalue weighted by atomic mass is 10.3. The Kier molecular flexibility index (Phi) is 7.25. The van der Waals surface area contributed by atoms with Crippen LogP contribution in [-0.4, -0.2) is 26.2 Å². The van der Waals surface area contributed by atoms with Crippen molar-refractivity contribution in [3.63, 3.8) is 0 Å². The predicted molar refractivity (Wildman–Crippen MR) is 78.5 cm³/mol. The minimum atomic E-state index is -0.384. The summed E-state index contributed by atoms with van der Waals surface area (Å²) in [5.41, 5.74) is 2.10. The number of nitrogens with zero attached hydrogens (tertiary/aromatic N) is 4. The Balaban J connectivity index is 0.00000200. The SMILES string of the molecule is CCCn1nccc1CNCc1ccn(CCF)n1.Cl. The fraction of sp³-hybridized carbons (Fsp3) is 0.538. The van der Waals surface area contributed by atoms with Crippen LogP contribution < -0.4 is 5.32 Å². The van der Waals surface area contributed by atoms with Gasteiger partial charge >= 0.3 is 0 Å². The molecule has 2 aromatic heterocycles. The molecule has 0 aliphatic rings. The molecule has 0 saturated heterocycles. The van der Waals surface area contributed by atoms with Gasteiger partial charge in [0.1, 0.15) is 6.67 Å². The first-order valence-corrected chi connectivity index (χ1v) is 6.63. The fourth-order valence-corrected chi connectivity index (χ4v) is 1.95. The second kappa shape index (κ2) is 8.71. The topological polar surface area (TPSA) is 47.7 Å². The summed E-state index contributed by atoms with van der Waals surface area (Å²) in [7, 11) is 0. The Morgan fingerprint density at radius 1 is 1.25 bits per heavy atom. The van der Waals surface area contributed by atoms with E-state index in [0.717, 1.165) is 25.2 Å². The lowest BCUT2D eigenvalue weighted by Crippen LogP contribution is -2.17. The van der Waals surface area contributed by atoms with Gasteiger partial charge in [0.25, 0.3) is 0 Å². The van der Waals surface area contributed by atoms with E-state index < -0.39 is 0 Å². The molecule has 0 atom stereocenters. The summed E-state index contributed by atoms with van der Waals surface area (Å²) >= 11 is 0. The Labute approximate surface area is 124 Å². The van der Waals surface area contributed by atoms with Crippen LogP contribution in [0.3, 0.4) is 0 Å². The van der Waals surface area contributed by atoms with Gasteiger partial charge in [0.15, 0.2) is 0 Å². The molecule has 2 rings (SSSR count). The van der Waals surface area contributed by atoms with E-state index in [1.165, 1.54) is 5.69 Å². The zero-order valence-corrected chi connectivity index (χ0v) is 12.4. The lowest BCUT2D eigenvalue weighted by Gasteiger charge is -2.06. The van der Waals surface area contributed by atoms with Gasteiger partial charge in [0.2, 0.25) is 0 Å². The van der Waals surface area contributed by atoms with Crippen LogP contribution in [0.25, 0.3) is 0 Å². The zero-order valence-electron chi connectivity index (χ0n) is 11.6. The minimum Gasteiger partial charge on any atom is -0.305 e. The summed E-state index contributed by atoms with van der Waals surface area (Å²) in [6, 6.07) is 3.93. The minimum absolute atomic E-state index is 0. The Morgan fingerprint density at radius 3 is 2.85 bits per heavy atom. The monoisotopic (exact) mass is 301 g/mol. The van der Waals surface area contributed by atoms with Crippen LogP contribution in [-0.2, 0) is 26.2 Å². The van der Waals surface area contributed by atoms with Crippen LogP contribution in [0.2, 0.25) is 0 Å². The Hall–Kier alpha value is -1.40. The van der Waals surface area contributed by atoms with E-state index in [9.17, 15) is 4.39 Å². The largest absolute Gasteiger partial charge is 0.305 e. The summed E-state index contributed by atoms with van der Waals surface area (Å²) in [6.07, 6.45) is 4.70. The maximum absolute atomic E-state index is 12.2. The summed E-state index contributed by atoms with van der Waals surface area (Å²) in [4.78, 5) is 0. The second-order valence-electron chi connectivity index (χ2n) is 4.41. The first-order chi connectivity index (χ1) is 9.33. The number of alkyl halides is 1. The first kappa shape index (κ1) is 16.7. The molecular weight excluding hydrogens is 281 g/mol. The zero-order chi connectivity index (χ0) is 13.5. The van der Waals surface area contributed by atoms with Crippen molar-refractivity contribution in [2.45, 2.75) is 39.5 Å². The highest BCUT2D eigenvalue weighted by Crippen LogP contribution is 2.01. The van der Waals surface area contributed by atoms with Crippen molar-refractivity contribution in [2.24, 2.45) is 0 Å². The molecule has 20 heavy (non-hydrogen) atoms. The molecule has 0 aliphatic carbocycles. The van der Waals surface area contributed by atoms with Gasteiger partial charge < -0.3 is 5.32 Å². The third-order valence-electron chi connectivity index (χ3n) is 2.86. The van der Waals surface area contributed by atoms with E-state index in [2.05, 4.69) is 22.4 Å². The number of aryl methyl sites for hydroxylation is 2.